The van der Waals surface area contributed by atoms with Gasteiger partial charge >= 0.3 is 0 Å². The van der Waals surface area contributed by atoms with E-state index in [2.05, 4.69) is 56.8 Å². The molecule has 0 saturated heterocycles. The molecule has 0 amide bonds. The minimum Gasteiger partial charge on any atom is -0.306 e. The van der Waals surface area contributed by atoms with E-state index in [-0.39, 0.29) is 6.04 Å². The molecule has 23 heavy (non-hydrogen) atoms. The van der Waals surface area contributed by atoms with Gasteiger partial charge in [0.2, 0.25) is 0 Å². The van der Waals surface area contributed by atoms with E-state index in [0.717, 1.165) is 16.8 Å². The van der Waals surface area contributed by atoms with Crippen LogP contribution in [0.25, 0.3) is 5.69 Å². The number of rotatable bonds is 4. The van der Waals surface area contributed by atoms with Crippen LogP contribution in [0.1, 0.15) is 17.2 Å². The molecular weight excluding hydrogens is 288 g/mol. The smallest absolute Gasteiger partial charge is 0.162 e. The van der Waals surface area contributed by atoms with E-state index in [4.69, 9.17) is 0 Å². The summed E-state index contributed by atoms with van der Waals surface area (Å²) in [5.41, 5.74) is 3.27. The molecule has 0 saturated carbocycles. The predicted molar refractivity (Wildman–Crippen MR) is 85.1 cm³/mol. The summed E-state index contributed by atoms with van der Waals surface area (Å²) in [6, 6.07) is 18.3. The van der Waals surface area contributed by atoms with E-state index in [1.807, 2.05) is 29.0 Å². The van der Waals surface area contributed by atoms with Gasteiger partial charge < -0.3 is 4.57 Å². The third kappa shape index (κ3) is 2.62. The zero-order chi connectivity index (χ0) is 15.5. The maximum absolute atomic E-state index is 4.22. The van der Waals surface area contributed by atoms with Crippen LogP contribution >= 0.6 is 0 Å². The zero-order valence-corrected chi connectivity index (χ0v) is 12.3. The summed E-state index contributed by atoms with van der Waals surface area (Å²) in [6.07, 6.45) is 6.92. The van der Waals surface area contributed by atoms with Gasteiger partial charge in [0.05, 0.1) is 6.33 Å². The average Bonchev–Trinajstić information content (AvgIpc) is 3.31. The molecule has 0 aliphatic carbocycles. The van der Waals surface area contributed by atoms with Crippen LogP contribution in [0, 0.1) is 0 Å². The van der Waals surface area contributed by atoms with E-state index in [1.54, 1.807) is 17.3 Å². The number of hydrogen-bond acceptors (Lipinski definition) is 4. The number of tetrazole rings is 1. The van der Waals surface area contributed by atoms with E-state index in [0.29, 0.717) is 0 Å². The lowest BCUT2D eigenvalue weighted by molar-refractivity contribution is 0.504. The highest BCUT2D eigenvalue weighted by Gasteiger charge is 2.18. The summed E-state index contributed by atoms with van der Waals surface area (Å²) < 4.78 is 1.97. The largest absolute Gasteiger partial charge is 0.306 e. The predicted octanol–water partition coefficient (Wildman–Crippen LogP) is 2.50. The number of imidazole rings is 1. The normalized spacial score (nSPS) is 12.2. The number of nitrogens with zero attached hydrogens (tertiary/aromatic N) is 6. The van der Waals surface area contributed by atoms with Crippen LogP contribution in [0.15, 0.2) is 79.6 Å². The van der Waals surface area contributed by atoms with Gasteiger partial charge in [0.25, 0.3) is 0 Å². The van der Waals surface area contributed by atoms with Crippen molar-refractivity contribution >= 4 is 0 Å². The fourth-order valence-corrected chi connectivity index (χ4v) is 2.63. The highest BCUT2D eigenvalue weighted by atomic mass is 15.6. The minimum atomic E-state index is -0.101. The third-order valence-electron chi connectivity index (χ3n) is 3.72. The van der Waals surface area contributed by atoms with E-state index >= 15 is 0 Å². The first-order chi connectivity index (χ1) is 11.4. The van der Waals surface area contributed by atoms with E-state index in [9.17, 15) is 0 Å². The molecule has 2 aromatic carbocycles. The van der Waals surface area contributed by atoms with Gasteiger partial charge in [0, 0.05) is 18.1 Å². The molecule has 0 fully saturated rings. The molecule has 6 nitrogen and oxygen atoms in total. The van der Waals surface area contributed by atoms with Gasteiger partial charge in [-0.3, -0.25) is 0 Å². The molecule has 0 aliphatic heterocycles. The van der Waals surface area contributed by atoms with E-state index < -0.39 is 0 Å². The fourth-order valence-electron chi connectivity index (χ4n) is 2.63. The Kier molecular flexibility index (Phi) is 3.40. The van der Waals surface area contributed by atoms with Crippen LogP contribution in [-0.2, 0) is 0 Å². The van der Waals surface area contributed by atoms with Crippen molar-refractivity contribution in [1.82, 2.24) is 29.8 Å². The molecule has 6 heteroatoms. The molecule has 0 radical (unpaired) electrons. The number of hydrogen-bond donors (Lipinski definition) is 0. The minimum absolute atomic E-state index is 0.101. The van der Waals surface area contributed by atoms with Crippen molar-refractivity contribution in [3.05, 3.63) is 90.8 Å². The van der Waals surface area contributed by atoms with Crippen LogP contribution in [0.2, 0.25) is 0 Å². The van der Waals surface area contributed by atoms with Gasteiger partial charge in [-0.2, -0.15) is 4.80 Å². The van der Waals surface area contributed by atoms with Crippen molar-refractivity contribution in [1.29, 1.82) is 0 Å². The highest BCUT2D eigenvalue weighted by Crippen LogP contribution is 2.25. The van der Waals surface area contributed by atoms with Crippen molar-refractivity contribution in [3.8, 4) is 5.69 Å². The molecule has 0 spiro atoms. The average molecular weight is 302 g/mol. The standard InChI is InChI=1S/C17H14N6/c1-2-4-14(5-3-1)17(23-20-12-19-21-23)15-6-8-16(9-7-15)22-11-10-18-13-22/h1-13,17H. The van der Waals surface area contributed by atoms with Crippen molar-refractivity contribution in [2.24, 2.45) is 0 Å². The Labute approximate surface area is 133 Å². The Hall–Kier alpha value is -3.28. The second kappa shape index (κ2) is 5.84. The molecule has 0 aliphatic rings. The van der Waals surface area contributed by atoms with Gasteiger partial charge in [-0.25, -0.2) is 4.98 Å². The summed E-state index contributed by atoms with van der Waals surface area (Å²) >= 11 is 0. The quantitative estimate of drug-likeness (QED) is 0.581. The Morgan fingerprint density at radius 2 is 1.65 bits per heavy atom. The molecule has 1 atom stereocenters. The molecule has 2 aromatic heterocycles. The molecular formula is C17H14N6. The summed E-state index contributed by atoms with van der Waals surface area (Å²) in [5.74, 6) is 0. The summed E-state index contributed by atoms with van der Waals surface area (Å²) in [6.45, 7) is 0. The van der Waals surface area contributed by atoms with Gasteiger partial charge in [-0.1, -0.05) is 42.5 Å². The fraction of sp³-hybridized carbons (Fsp3) is 0.0588. The van der Waals surface area contributed by atoms with Gasteiger partial charge in [-0.05, 0) is 28.5 Å². The maximum atomic E-state index is 4.22. The first-order valence-electron chi connectivity index (χ1n) is 7.27. The Bertz CT molecular complexity index is 851. The lowest BCUT2D eigenvalue weighted by Gasteiger charge is -2.17. The van der Waals surface area contributed by atoms with Crippen LogP contribution in [0.5, 0.6) is 0 Å². The Morgan fingerprint density at radius 3 is 2.30 bits per heavy atom. The van der Waals surface area contributed by atoms with Gasteiger partial charge in [-0.15, -0.1) is 10.2 Å². The third-order valence-corrected chi connectivity index (χ3v) is 3.72. The second-order valence-corrected chi connectivity index (χ2v) is 5.13. The first kappa shape index (κ1) is 13.4. The SMILES string of the molecule is c1ccc(C(c2ccc(-n3ccnc3)cc2)n2ncnn2)cc1. The lowest BCUT2D eigenvalue weighted by atomic mass is 9.99. The molecule has 2 heterocycles. The molecule has 112 valence electrons. The summed E-state index contributed by atoms with van der Waals surface area (Å²) in [7, 11) is 0. The molecule has 1 unspecified atom stereocenters. The second-order valence-electron chi connectivity index (χ2n) is 5.13. The maximum Gasteiger partial charge on any atom is 0.162 e. The molecule has 0 bridgehead atoms. The first-order valence-corrected chi connectivity index (χ1v) is 7.27. The van der Waals surface area contributed by atoms with Crippen molar-refractivity contribution < 1.29 is 0 Å². The van der Waals surface area contributed by atoms with Crippen molar-refractivity contribution in [2.75, 3.05) is 0 Å². The van der Waals surface area contributed by atoms with Crippen LogP contribution in [-0.4, -0.2) is 29.8 Å². The van der Waals surface area contributed by atoms with Crippen LogP contribution < -0.4 is 0 Å². The van der Waals surface area contributed by atoms with Gasteiger partial charge in [0.15, 0.2) is 6.33 Å². The van der Waals surface area contributed by atoms with Crippen molar-refractivity contribution in [2.45, 2.75) is 6.04 Å². The monoisotopic (exact) mass is 302 g/mol. The zero-order valence-electron chi connectivity index (χ0n) is 12.3. The Balaban J connectivity index is 1.75. The van der Waals surface area contributed by atoms with Crippen LogP contribution in [0.4, 0.5) is 0 Å². The van der Waals surface area contributed by atoms with Crippen LogP contribution in [0.3, 0.4) is 0 Å². The number of benzene rings is 2. The van der Waals surface area contributed by atoms with Crippen molar-refractivity contribution in [3.63, 3.8) is 0 Å². The summed E-state index contributed by atoms with van der Waals surface area (Å²) in [4.78, 5) is 5.70. The van der Waals surface area contributed by atoms with E-state index in [1.165, 1.54) is 6.33 Å². The molecule has 4 rings (SSSR count). The summed E-state index contributed by atoms with van der Waals surface area (Å²) in [5, 5.41) is 12.1. The topological polar surface area (TPSA) is 61.4 Å². The molecule has 0 N–H and O–H groups in total. The van der Waals surface area contributed by atoms with Gasteiger partial charge in [0.1, 0.15) is 6.04 Å². The lowest BCUT2D eigenvalue weighted by Crippen LogP contribution is -2.15. The Morgan fingerprint density at radius 1 is 0.870 bits per heavy atom. The number of aromatic nitrogens is 6. The molecule has 4 aromatic rings. The highest BCUT2D eigenvalue weighted by molar-refractivity contribution is 5.39.